The number of hydrogen-bond acceptors (Lipinski definition) is 0. The fourth-order valence-electron chi connectivity index (χ4n) is 4.11. The molecule has 0 unspecified atom stereocenters. The molecule has 2 aromatic carbocycles. The summed E-state index contributed by atoms with van der Waals surface area (Å²) in [5, 5.41) is 0. The second-order valence-electron chi connectivity index (χ2n) is 8.84. The molecule has 36 heavy (non-hydrogen) atoms. The Kier molecular flexibility index (Phi) is 17.3. The van der Waals surface area contributed by atoms with E-state index in [1.54, 1.807) is 0 Å². The second-order valence-corrected chi connectivity index (χ2v) is 8.84. The molecule has 1 heterocycles. The molecule has 0 fully saturated rings. The Hall–Kier alpha value is -2.60. The Bertz CT molecular complexity index is 1000. The maximum atomic E-state index is 11.4. The molecule has 3 heteroatoms. The van der Waals surface area contributed by atoms with E-state index in [0.717, 1.165) is 54.6 Å². The van der Waals surface area contributed by atoms with E-state index in [9.17, 15) is 5.53 Å². The molecule has 196 valence electrons. The van der Waals surface area contributed by atoms with Crippen LogP contribution in [-0.4, -0.2) is 4.70 Å². The van der Waals surface area contributed by atoms with Gasteiger partial charge in [0.25, 0.3) is 0 Å². The average Bonchev–Trinajstić information content (AvgIpc) is 3.11. The van der Waals surface area contributed by atoms with Crippen molar-refractivity contribution in [3.63, 3.8) is 0 Å². The summed E-state index contributed by atoms with van der Waals surface area (Å²) in [5.74, 6) is 0. The Morgan fingerprint density at radius 2 is 1.03 bits per heavy atom. The number of hydrogen-bond donors (Lipinski definition) is 0. The number of benzene rings is 2. The van der Waals surface area contributed by atoms with Gasteiger partial charge in [-0.3, -0.25) is 0 Å². The topological polar surface area (TPSA) is 25.3 Å². The van der Waals surface area contributed by atoms with Gasteiger partial charge < -0.3 is 5.53 Å². The summed E-state index contributed by atoms with van der Waals surface area (Å²) in [5.41, 5.74) is 20.7. The van der Waals surface area contributed by atoms with Crippen LogP contribution in [0.25, 0.3) is 16.9 Å². The van der Waals surface area contributed by atoms with E-state index >= 15 is 0 Å². The van der Waals surface area contributed by atoms with Crippen molar-refractivity contribution in [2.24, 2.45) is 0 Å². The van der Waals surface area contributed by atoms with Crippen LogP contribution in [-0.2, 0) is 20.4 Å². The van der Waals surface area contributed by atoms with Crippen molar-refractivity contribution >= 4 is 11.4 Å². The normalized spacial score (nSPS) is 12.2. The van der Waals surface area contributed by atoms with Crippen molar-refractivity contribution in [2.75, 3.05) is 0 Å². The summed E-state index contributed by atoms with van der Waals surface area (Å²) in [7, 11) is 0. The minimum atomic E-state index is 0. The van der Waals surface area contributed by atoms with Gasteiger partial charge >= 0.3 is 20.4 Å². The van der Waals surface area contributed by atoms with Gasteiger partial charge in [0.1, 0.15) is 0 Å². The molecule has 0 amide bonds. The van der Waals surface area contributed by atoms with Crippen LogP contribution < -0.4 is 0 Å². The first kappa shape index (κ1) is 33.4. The number of rotatable bonds is 9. The maximum Gasteiger partial charge on any atom is 2.00 e. The molecular formula is C33H44N2Pd. The number of allylic oxidation sites excluding steroid dienone is 4. The third-order valence-corrected chi connectivity index (χ3v) is 5.82. The zero-order chi connectivity index (χ0) is 26.2. The molecule has 0 radical (unpaired) electrons. The first-order valence-corrected chi connectivity index (χ1v) is 12.8. The Labute approximate surface area is 235 Å². The van der Waals surface area contributed by atoms with Crippen molar-refractivity contribution in [3.05, 3.63) is 127 Å². The molecule has 0 saturated carbocycles. The maximum absolute atomic E-state index is 11.4. The Morgan fingerprint density at radius 3 is 1.36 bits per heavy atom. The summed E-state index contributed by atoms with van der Waals surface area (Å²) >= 11 is 0. The van der Waals surface area contributed by atoms with E-state index in [4.69, 9.17) is 0 Å². The molecule has 0 aromatic heterocycles. The van der Waals surface area contributed by atoms with E-state index < -0.39 is 0 Å². The van der Waals surface area contributed by atoms with E-state index in [1.165, 1.54) is 52.0 Å². The van der Waals surface area contributed by atoms with Crippen LogP contribution in [0.1, 0.15) is 81.0 Å². The number of unbranched alkanes of at least 4 members (excludes halogenated alkanes) is 3. The monoisotopic (exact) mass is 574 g/mol. The summed E-state index contributed by atoms with van der Waals surface area (Å²) in [6.07, 6.45) is 10.9. The fraction of sp³-hybridized carbons (Fsp3) is 0.333. The molecule has 1 aliphatic heterocycles. The van der Waals surface area contributed by atoms with Gasteiger partial charge in [-0.15, -0.1) is 0 Å². The average molecular weight is 575 g/mol. The van der Waals surface area contributed by atoms with Crippen LogP contribution in [0.4, 0.5) is 0 Å². The van der Waals surface area contributed by atoms with Crippen molar-refractivity contribution in [1.82, 2.24) is 0 Å². The van der Waals surface area contributed by atoms with Crippen LogP contribution in [0.15, 0.2) is 85.0 Å². The van der Waals surface area contributed by atoms with Crippen LogP contribution in [0, 0.1) is 27.7 Å². The second kappa shape index (κ2) is 18.6. The van der Waals surface area contributed by atoms with Gasteiger partial charge in [0, 0.05) is 22.3 Å². The van der Waals surface area contributed by atoms with Gasteiger partial charge in [-0.25, -0.2) is 43.9 Å². The third kappa shape index (κ3) is 9.81. The van der Waals surface area contributed by atoms with Gasteiger partial charge in [0.15, 0.2) is 0 Å². The molecule has 2 nitrogen and oxygen atoms in total. The molecule has 2 aromatic rings. The first-order valence-electron chi connectivity index (χ1n) is 12.8. The summed E-state index contributed by atoms with van der Waals surface area (Å²) in [4.78, 5) is 0. The Morgan fingerprint density at radius 1 is 0.694 bits per heavy atom. The molecule has 0 N–H and O–H groups in total. The number of aryl methyl sites for hydroxylation is 2. The van der Waals surface area contributed by atoms with Gasteiger partial charge in [-0.1, -0.05) is 68.5 Å². The van der Waals surface area contributed by atoms with Gasteiger partial charge in [0.05, 0.1) is 0 Å². The summed E-state index contributed by atoms with van der Waals surface area (Å²) < 4.78 is 1.47. The zero-order valence-corrected chi connectivity index (χ0v) is 24.3. The van der Waals surface area contributed by atoms with Gasteiger partial charge in [-0.2, -0.15) is 0 Å². The number of nitrogens with zero attached hydrogens (tertiary/aromatic N) is 2. The van der Waals surface area contributed by atoms with Crippen molar-refractivity contribution in [3.8, 4) is 0 Å². The van der Waals surface area contributed by atoms with Crippen molar-refractivity contribution < 1.29 is 25.1 Å². The van der Waals surface area contributed by atoms with E-state index in [-0.39, 0.29) is 20.4 Å². The molecule has 0 aliphatic carbocycles. The molecule has 0 bridgehead atoms. The van der Waals surface area contributed by atoms with Crippen molar-refractivity contribution in [1.29, 1.82) is 0 Å². The minimum Gasteiger partial charge on any atom is -0.493 e. The predicted octanol–water partition coefficient (Wildman–Crippen LogP) is 10.3. The quantitative estimate of drug-likeness (QED) is 0.123. The van der Waals surface area contributed by atoms with Crippen molar-refractivity contribution in [2.45, 2.75) is 72.6 Å². The smallest absolute Gasteiger partial charge is 0.493 e. The standard InChI is InChI=1S/C27H34N2.2C3H5.Pd/c1-5-7-9-11-25-24(10-8-6-2)26(22-16-12-20(3)13-17-22)29(28)27(25)23-18-14-21(4)15-19-23;2*1-3-2;/h12-19H,5-11H2,1-4H3;2*3H,1-2H2;/q;2*-1;+2. The van der Waals surface area contributed by atoms with Crippen LogP contribution in [0.3, 0.4) is 0 Å². The molecule has 0 saturated heterocycles. The largest absolute Gasteiger partial charge is 2.00 e. The van der Waals surface area contributed by atoms with E-state index in [0.29, 0.717) is 0 Å². The third-order valence-electron chi connectivity index (χ3n) is 5.82. The van der Waals surface area contributed by atoms with Crippen LogP contribution in [0.2, 0.25) is 0 Å². The van der Waals surface area contributed by atoms with E-state index in [2.05, 4.69) is 103 Å². The zero-order valence-electron chi connectivity index (χ0n) is 22.8. The summed E-state index contributed by atoms with van der Waals surface area (Å²) in [6, 6.07) is 17.1. The predicted molar refractivity (Wildman–Crippen MR) is 155 cm³/mol. The first-order chi connectivity index (χ1) is 16.9. The molecular weight excluding hydrogens is 531 g/mol. The van der Waals surface area contributed by atoms with E-state index in [1.807, 2.05) is 0 Å². The molecule has 0 spiro atoms. The fourth-order valence-corrected chi connectivity index (χ4v) is 4.11. The molecule has 3 rings (SSSR count). The van der Waals surface area contributed by atoms with Crippen LogP contribution in [0.5, 0.6) is 0 Å². The van der Waals surface area contributed by atoms with Gasteiger partial charge in [0.2, 0.25) is 11.4 Å². The summed E-state index contributed by atoms with van der Waals surface area (Å²) in [6.45, 7) is 21.7. The molecule has 1 aliphatic rings. The van der Waals surface area contributed by atoms with Gasteiger partial charge in [-0.05, 0) is 63.8 Å². The SMILES string of the molecule is C=C[CH2-].C=C[CH2-].CCCCCC1=C(c2ccc(C)cc2)[N+](=[N-])C(c2ccc(C)cc2)=C1CCCC.[Pd+2]. The molecule has 0 atom stereocenters. The minimum absolute atomic E-state index is 0. The Balaban J connectivity index is 0.00000159. The van der Waals surface area contributed by atoms with Crippen LogP contribution >= 0.6 is 0 Å².